The minimum Gasteiger partial charge on any atom is -0.463 e. The van der Waals surface area contributed by atoms with Gasteiger partial charge in [0.25, 0.3) is 5.56 Å². The summed E-state index contributed by atoms with van der Waals surface area (Å²) in [5, 5.41) is -0.137. The summed E-state index contributed by atoms with van der Waals surface area (Å²) >= 11 is 13.8. The highest BCUT2D eigenvalue weighted by Crippen LogP contribution is 2.42. The second kappa shape index (κ2) is 11.1. The highest BCUT2D eigenvalue weighted by Gasteiger charge is 2.38. The Morgan fingerprint density at radius 1 is 1.05 bits per heavy atom. The summed E-state index contributed by atoms with van der Waals surface area (Å²) in [7, 11) is 0. The number of esters is 2. The lowest BCUT2D eigenvalue weighted by atomic mass is 9.88. The Kier molecular flexibility index (Phi) is 8.05. The van der Waals surface area contributed by atoms with E-state index in [0.29, 0.717) is 0 Å². The number of fused-ring (bicyclic) bond motifs is 1. The normalized spacial score (nSPS) is 15.5. The molecule has 0 radical (unpaired) electrons. The molecule has 0 amide bonds. The fraction of sp³-hybridized carbons (Fsp3) is 0.192. The first kappa shape index (κ1) is 27.6. The first-order valence-corrected chi connectivity index (χ1v) is 12.9. The van der Waals surface area contributed by atoms with Gasteiger partial charge in [0.05, 0.1) is 39.8 Å². The molecule has 0 unspecified atom stereocenters. The fourth-order valence-corrected chi connectivity index (χ4v) is 5.81. The molecule has 3 aromatic rings. The molecule has 1 atom stereocenters. The molecule has 2 heterocycles. The van der Waals surface area contributed by atoms with Gasteiger partial charge in [0, 0.05) is 16.1 Å². The van der Waals surface area contributed by atoms with Gasteiger partial charge in [-0.1, -0.05) is 35.3 Å². The summed E-state index contributed by atoms with van der Waals surface area (Å²) in [6.45, 7) is 3.21. The van der Waals surface area contributed by atoms with E-state index in [0.717, 1.165) is 28.0 Å². The third-order valence-electron chi connectivity index (χ3n) is 5.69. The number of rotatable bonds is 6. The predicted molar refractivity (Wildman–Crippen MR) is 141 cm³/mol. The van der Waals surface area contributed by atoms with Crippen LogP contribution in [-0.2, 0) is 14.3 Å². The quantitative estimate of drug-likeness (QED) is 0.446. The molecule has 1 aliphatic rings. The molecule has 0 aliphatic carbocycles. The highest BCUT2D eigenvalue weighted by molar-refractivity contribution is 7.08. The second-order valence-electron chi connectivity index (χ2n) is 7.91. The zero-order valence-electron chi connectivity index (χ0n) is 20.0. The van der Waals surface area contributed by atoms with Crippen LogP contribution in [0.2, 0.25) is 5.02 Å². The van der Waals surface area contributed by atoms with Crippen LogP contribution in [0.3, 0.4) is 0 Å². The molecular formula is C26H20Cl2F2N2O5S. The van der Waals surface area contributed by atoms with Gasteiger partial charge < -0.3 is 15.2 Å². The average Bonchev–Trinajstić information content (AvgIpc) is 3.20. The van der Waals surface area contributed by atoms with Crippen molar-refractivity contribution < 1.29 is 27.8 Å². The van der Waals surface area contributed by atoms with Crippen LogP contribution >= 0.6 is 34.5 Å². The number of halogens is 4. The van der Waals surface area contributed by atoms with Crippen LogP contribution in [0.25, 0.3) is 16.9 Å². The van der Waals surface area contributed by atoms with Crippen LogP contribution < -0.4 is 20.5 Å². The van der Waals surface area contributed by atoms with Crippen LogP contribution in [0.1, 0.15) is 41.3 Å². The summed E-state index contributed by atoms with van der Waals surface area (Å²) in [6, 6.07) is 7.79. The van der Waals surface area contributed by atoms with Gasteiger partial charge >= 0.3 is 11.9 Å². The van der Waals surface area contributed by atoms with Crippen molar-refractivity contribution in [1.82, 2.24) is 4.57 Å². The van der Waals surface area contributed by atoms with Crippen LogP contribution in [0.4, 0.5) is 8.78 Å². The molecular weight excluding hydrogens is 561 g/mol. The summed E-state index contributed by atoms with van der Waals surface area (Å²) < 4.78 is 40.9. The smallest absolute Gasteiger partial charge is 0.338 e. The lowest BCUT2D eigenvalue weighted by Gasteiger charge is -2.26. The maximum absolute atomic E-state index is 15.0. The molecule has 1 aliphatic heterocycles. The lowest BCUT2D eigenvalue weighted by molar-refractivity contribution is -0.138. The first-order valence-electron chi connectivity index (χ1n) is 11.3. The van der Waals surface area contributed by atoms with Crippen molar-refractivity contribution in [3.05, 3.63) is 94.9 Å². The van der Waals surface area contributed by atoms with Crippen molar-refractivity contribution in [1.29, 1.82) is 0 Å². The van der Waals surface area contributed by atoms with Crippen molar-refractivity contribution in [2.75, 3.05) is 13.2 Å². The topological polar surface area (TPSA) is 101 Å². The fourth-order valence-electron chi connectivity index (χ4n) is 4.07. The molecule has 2 N–H and O–H groups in total. The Morgan fingerprint density at radius 2 is 1.68 bits per heavy atom. The highest BCUT2D eigenvalue weighted by atomic mass is 35.5. The van der Waals surface area contributed by atoms with Crippen molar-refractivity contribution in [3.63, 3.8) is 0 Å². The van der Waals surface area contributed by atoms with E-state index in [4.69, 9.17) is 38.4 Å². The van der Waals surface area contributed by atoms with E-state index >= 15 is 4.39 Å². The number of benzene rings is 2. The van der Waals surface area contributed by atoms with Gasteiger partial charge in [-0.15, -0.1) is 11.3 Å². The van der Waals surface area contributed by atoms with E-state index in [9.17, 15) is 18.8 Å². The monoisotopic (exact) mass is 580 g/mol. The van der Waals surface area contributed by atoms with Gasteiger partial charge in [0.2, 0.25) is 0 Å². The molecule has 12 heteroatoms. The van der Waals surface area contributed by atoms with E-state index in [1.54, 1.807) is 13.8 Å². The Bertz CT molecular complexity index is 1660. The molecule has 0 fully saturated rings. The minimum absolute atomic E-state index is 0.0210. The van der Waals surface area contributed by atoms with Crippen LogP contribution in [-0.4, -0.2) is 29.7 Å². The number of thiazole rings is 1. The zero-order chi connectivity index (χ0) is 27.7. The van der Waals surface area contributed by atoms with Gasteiger partial charge in [0.1, 0.15) is 22.1 Å². The van der Waals surface area contributed by atoms with Crippen LogP contribution in [0.15, 0.2) is 46.8 Å². The van der Waals surface area contributed by atoms with E-state index in [1.807, 2.05) is 0 Å². The van der Waals surface area contributed by atoms with Gasteiger partial charge in [-0.3, -0.25) is 9.36 Å². The van der Waals surface area contributed by atoms with Gasteiger partial charge in [-0.2, -0.15) is 0 Å². The van der Waals surface area contributed by atoms with E-state index in [2.05, 4.69) is 0 Å². The van der Waals surface area contributed by atoms with Crippen molar-refractivity contribution in [2.45, 2.75) is 19.8 Å². The van der Waals surface area contributed by atoms with E-state index < -0.39 is 35.1 Å². The standard InChI is InChI=1S/C26H20Cl2F2N2O5S/c1-3-36-25(34)12-7-5-9-15(29)13(12)11-17-23(33)32-22(31)20(26(35)37-4-2)19(21(28)24(32)38-17)18-14(27)8-6-10-16(18)30/h5-11,19H,3-4,31H2,1-2H3/b17-11-/t19-/m1/s1. The third-order valence-corrected chi connectivity index (χ3v) is 7.64. The molecule has 0 bridgehead atoms. The summed E-state index contributed by atoms with van der Waals surface area (Å²) in [4.78, 5) is 38.8. The lowest BCUT2D eigenvalue weighted by Crippen LogP contribution is -2.39. The van der Waals surface area contributed by atoms with Crippen molar-refractivity contribution in [2.24, 2.45) is 5.73 Å². The molecule has 7 nitrogen and oxygen atoms in total. The van der Waals surface area contributed by atoms with Gasteiger partial charge in [0.15, 0.2) is 0 Å². The molecule has 0 saturated heterocycles. The molecule has 2 aromatic carbocycles. The zero-order valence-corrected chi connectivity index (χ0v) is 22.3. The molecule has 0 spiro atoms. The number of hydrogen-bond acceptors (Lipinski definition) is 7. The molecule has 0 saturated carbocycles. The van der Waals surface area contributed by atoms with Gasteiger partial charge in [-0.25, -0.2) is 18.4 Å². The second-order valence-corrected chi connectivity index (χ2v) is 9.76. The molecule has 38 heavy (non-hydrogen) atoms. The van der Waals surface area contributed by atoms with Crippen LogP contribution in [0, 0.1) is 11.6 Å². The Hall–Kier alpha value is -3.47. The number of hydrogen-bond donors (Lipinski definition) is 1. The molecule has 198 valence electrons. The predicted octanol–water partition coefficient (Wildman–Crippen LogP) is 3.68. The maximum Gasteiger partial charge on any atom is 0.338 e. The summed E-state index contributed by atoms with van der Waals surface area (Å²) in [5.41, 5.74) is 4.90. The SMILES string of the molecule is CCOC(=O)C1=C(N)n2c(s/c(=C\c3c(F)cccc3C(=O)OCC)c2=O)=C(Cl)[C@@H]1c1c(F)cccc1Cl. The Labute approximate surface area is 229 Å². The number of carbonyl (C=O) groups is 2. The van der Waals surface area contributed by atoms with Crippen molar-refractivity contribution >= 4 is 63.4 Å². The number of carbonyl (C=O) groups excluding carboxylic acids is 2. The molecule has 4 rings (SSSR count). The first-order chi connectivity index (χ1) is 18.1. The minimum atomic E-state index is -1.28. The van der Waals surface area contributed by atoms with E-state index in [-0.39, 0.29) is 60.5 Å². The molecule has 1 aromatic heterocycles. The summed E-state index contributed by atoms with van der Waals surface area (Å²) in [5.74, 6) is -4.83. The van der Waals surface area contributed by atoms with Crippen molar-refractivity contribution in [3.8, 4) is 0 Å². The van der Waals surface area contributed by atoms with Gasteiger partial charge in [-0.05, 0) is 44.2 Å². The number of nitrogens with two attached hydrogens (primary N) is 1. The largest absolute Gasteiger partial charge is 0.463 e. The Balaban J connectivity index is 2.06. The van der Waals surface area contributed by atoms with Crippen LogP contribution in [0.5, 0.6) is 0 Å². The third kappa shape index (κ3) is 4.75. The number of nitrogens with zero attached hydrogens (tertiary/aromatic N) is 1. The number of aromatic nitrogens is 1. The maximum atomic E-state index is 15.0. The average molecular weight is 581 g/mol. The summed E-state index contributed by atoms with van der Waals surface area (Å²) in [6.07, 6.45) is 1.17. The Morgan fingerprint density at radius 3 is 2.34 bits per heavy atom. The number of ether oxygens (including phenoxy) is 2. The van der Waals surface area contributed by atoms with E-state index in [1.165, 1.54) is 30.3 Å².